The topological polar surface area (TPSA) is 64.6 Å². The van der Waals surface area contributed by atoms with Gasteiger partial charge in [0.15, 0.2) is 18.1 Å². The van der Waals surface area contributed by atoms with Crippen LogP contribution in [0.5, 0.6) is 11.5 Å². The molecule has 2 rings (SSSR count). The van der Waals surface area contributed by atoms with Crippen LogP contribution in [-0.2, 0) is 11.2 Å². The molecule has 0 fully saturated rings. The summed E-state index contributed by atoms with van der Waals surface area (Å²) < 4.78 is 10.6. The van der Waals surface area contributed by atoms with Gasteiger partial charge in [-0.3, -0.25) is 9.59 Å². The molecule has 0 aliphatic rings. The molecule has 0 aromatic heterocycles. The quantitative estimate of drug-likeness (QED) is 0.754. The molecule has 0 saturated heterocycles. The Morgan fingerprint density at radius 1 is 1.12 bits per heavy atom. The summed E-state index contributed by atoms with van der Waals surface area (Å²) >= 11 is 0. The van der Waals surface area contributed by atoms with Gasteiger partial charge < -0.3 is 14.8 Å². The maximum Gasteiger partial charge on any atom is 0.262 e. The van der Waals surface area contributed by atoms with Gasteiger partial charge in [0, 0.05) is 11.3 Å². The number of hydrogen-bond acceptors (Lipinski definition) is 4. The summed E-state index contributed by atoms with van der Waals surface area (Å²) in [5, 5.41) is 2.78. The van der Waals surface area contributed by atoms with Crippen LogP contribution in [0, 0.1) is 0 Å². The highest BCUT2D eigenvalue weighted by Gasteiger charge is 2.09. The van der Waals surface area contributed by atoms with Crippen LogP contribution in [0.25, 0.3) is 0 Å². The Hall–Kier alpha value is -2.82. The minimum atomic E-state index is -0.264. The maximum atomic E-state index is 12.0. The van der Waals surface area contributed by atoms with Gasteiger partial charge in [0.2, 0.25) is 0 Å². The average Bonchev–Trinajstić information content (AvgIpc) is 2.61. The zero-order valence-electron chi connectivity index (χ0n) is 13.9. The normalized spacial score (nSPS) is 10.1. The van der Waals surface area contributed by atoms with E-state index in [-0.39, 0.29) is 12.5 Å². The predicted molar refractivity (Wildman–Crippen MR) is 92.9 cm³/mol. The molecular formula is C19H21NO4. The fraction of sp³-hybridized carbons (Fsp3) is 0.263. The van der Waals surface area contributed by atoms with Crippen LogP contribution in [0.15, 0.2) is 42.5 Å². The van der Waals surface area contributed by atoms with Crippen molar-refractivity contribution in [1.82, 2.24) is 0 Å². The van der Waals surface area contributed by atoms with E-state index in [1.807, 2.05) is 24.3 Å². The van der Waals surface area contributed by atoms with Gasteiger partial charge >= 0.3 is 0 Å². The number of carbonyl (C=O) groups is 2. The summed E-state index contributed by atoms with van der Waals surface area (Å²) in [6.07, 6.45) is 2.83. The van der Waals surface area contributed by atoms with Crippen molar-refractivity contribution >= 4 is 17.9 Å². The Balaban J connectivity index is 1.92. The summed E-state index contributed by atoms with van der Waals surface area (Å²) in [4.78, 5) is 22.7. The van der Waals surface area contributed by atoms with E-state index < -0.39 is 0 Å². The molecule has 2 aromatic carbocycles. The predicted octanol–water partition coefficient (Wildman–Crippen LogP) is 3.48. The molecule has 0 atom stereocenters. The summed E-state index contributed by atoms with van der Waals surface area (Å²) in [7, 11) is 1.48. The first kappa shape index (κ1) is 17.5. The number of benzene rings is 2. The van der Waals surface area contributed by atoms with Gasteiger partial charge in [-0.15, -0.1) is 0 Å². The van der Waals surface area contributed by atoms with Crippen molar-refractivity contribution in [3.8, 4) is 11.5 Å². The molecule has 0 aliphatic carbocycles. The lowest BCUT2D eigenvalue weighted by molar-refractivity contribution is -0.118. The molecule has 0 unspecified atom stereocenters. The van der Waals surface area contributed by atoms with E-state index >= 15 is 0 Å². The molecule has 126 valence electrons. The Morgan fingerprint density at radius 2 is 1.88 bits per heavy atom. The lowest BCUT2D eigenvalue weighted by Gasteiger charge is -2.11. The molecule has 0 radical (unpaired) electrons. The maximum absolute atomic E-state index is 12.0. The van der Waals surface area contributed by atoms with Crippen molar-refractivity contribution in [3.63, 3.8) is 0 Å². The number of aldehydes is 1. The second-order valence-electron chi connectivity index (χ2n) is 5.31. The van der Waals surface area contributed by atoms with E-state index in [1.54, 1.807) is 18.2 Å². The number of rotatable bonds is 8. The van der Waals surface area contributed by atoms with Gasteiger partial charge in [-0.1, -0.05) is 25.5 Å². The van der Waals surface area contributed by atoms with Gasteiger partial charge in [-0.25, -0.2) is 0 Å². The number of aryl methyl sites for hydroxylation is 1. The van der Waals surface area contributed by atoms with Gasteiger partial charge in [-0.2, -0.15) is 0 Å². The summed E-state index contributed by atoms with van der Waals surface area (Å²) in [6.45, 7) is 1.98. The van der Waals surface area contributed by atoms with Crippen LogP contribution in [0.2, 0.25) is 0 Å². The van der Waals surface area contributed by atoms with Crippen LogP contribution in [-0.4, -0.2) is 25.9 Å². The lowest BCUT2D eigenvalue weighted by Crippen LogP contribution is -2.20. The van der Waals surface area contributed by atoms with E-state index in [0.717, 1.165) is 24.8 Å². The third-order valence-corrected chi connectivity index (χ3v) is 3.46. The number of ether oxygens (including phenoxy) is 2. The molecule has 2 aromatic rings. The Morgan fingerprint density at radius 3 is 2.50 bits per heavy atom. The van der Waals surface area contributed by atoms with Crippen molar-refractivity contribution in [3.05, 3.63) is 53.6 Å². The standard InChI is InChI=1S/C19H21NO4/c1-3-4-14-5-8-16(9-6-14)20-19(22)13-24-17-10-7-15(12-21)11-18(17)23-2/h5-12H,3-4,13H2,1-2H3,(H,20,22). The van der Waals surface area contributed by atoms with Crippen molar-refractivity contribution in [1.29, 1.82) is 0 Å². The number of carbonyl (C=O) groups excluding carboxylic acids is 2. The monoisotopic (exact) mass is 327 g/mol. The van der Waals surface area contributed by atoms with E-state index in [9.17, 15) is 9.59 Å². The zero-order valence-corrected chi connectivity index (χ0v) is 13.9. The molecule has 1 amide bonds. The molecule has 0 saturated carbocycles. The van der Waals surface area contributed by atoms with Crippen molar-refractivity contribution in [2.45, 2.75) is 19.8 Å². The molecular weight excluding hydrogens is 306 g/mol. The first-order valence-electron chi connectivity index (χ1n) is 7.81. The Bertz CT molecular complexity index is 695. The van der Waals surface area contributed by atoms with Gasteiger partial charge in [0.05, 0.1) is 7.11 Å². The van der Waals surface area contributed by atoms with Crippen molar-refractivity contribution < 1.29 is 19.1 Å². The first-order chi connectivity index (χ1) is 11.7. The first-order valence-corrected chi connectivity index (χ1v) is 7.81. The minimum Gasteiger partial charge on any atom is -0.493 e. The average molecular weight is 327 g/mol. The molecule has 0 spiro atoms. The van der Waals surface area contributed by atoms with E-state index in [2.05, 4.69) is 12.2 Å². The fourth-order valence-corrected chi connectivity index (χ4v) is 2.26. The number of methoxy groups -OCH3 is 1. The number of nitrogens with one attached hydrogen (secondary N) is 1. The smallest absolute Gasteiger partial charge is 0.262 e. The highest BCUT2D eigenvalue weighted by atomic mass is 16.5. The second kappa shape index (κ2) is 8.72. The number of hydrogen-bond donors (Lipinski definition) is 1. The molecule has 0 aliphatic heterocycles. The largest absolute Gasteiger partial charge is 0.493 e. The highest BCUT2D eigenvalue weighted by molar-refractivity contribution is 5.91. The van der Waals surface area contributed by atoms with Crippen LogP contribution in [0.1, 0.15) is 29.3 Å². The lowest BCUT2D eigenvalue weighted by atomic mass is 10.1. The molecule has 5 heteroatoms. The second-order valence-corrected chi connectivity index (χ2v) is 5.31. The SMILES string of the molecule is CCCc1ccc(NC(=O)COc2ccc(C=O)cc2OC)cc1. The van der Waals surface area contributed by atoms with Gasteiger partial charge in [0.25, 0.3) is 5.91 Å². The summed E-state index contributed by atoms with van der Waals surface area (Å²) in [5.41, 5.74) is 2.45. The van der Waals surface area contributed by atoms with Crippen LogP contribution in [0.4, 0.5) is 5.69 Å². The fourth-order valence-electron chi connectivity index (χ4n) is 2.26. The number of anilines is 1. The van der Waals surface area contributed by atoms with Crippen LogP contribution < -0.4 is 14.8 Å². The Labute approximate surface area is 141 Å². The van der Waals surface area contributed by atoms with Gasteiger partial charge in [-0.05, 0) is 42.3 Å². The Kier molecular flexibility index (Phi) is 6.37. The van der Waals surface area contributed by atoms with Crippen LogP contribution >= 0.6 is 0 Å². The molecule has 1 N–H and O–H groups in total. The third kappa shape index (κ3) is 4.84. The highest BCUT2D eigenvalue weighted by Crippen LogP contribution is 2.27. The third-order valence-electron chi connectivity index (χ3n) is 3.46. The van der Waals surface area contributed by atoms with Crippen LogP contribution in [0.3, 0.4) is 0 Å². The summed E-state index contributed by atoms with van der Waals surface area (Å²) in [5.74, 6) is 0.563. The van der Waals surface area contributed by atoms with Crippen molar-refractivity contribution in [2.75, 3.05) is 19.0 Å². The van der Waals surface area contributed by atoms with Crippen molar-refractivity contribution in [2.24, 2.45) is 0 Å². The zero-order chi connectivity index (χ0) is 17.4. The van der Waals surface area contributed by atoms with E-state index in [1.165, 1.54) is 12.7 Å². The summed E-state index contributed by atoms with van der Waals surface area (Å²) in [6, 6.07) is 12.5. The number of amides is 1. The van der Waals surface area contributed by atoms with E-state index in [0.29, 0.717) is 17.1 Å². The molecule has 5 nitrogen and oxygen atoms in total. The van der Waals surface area contributed by atoms with E-state index in [4.69, 9.17) is 9.47 Å². The minimum absolute atomic E-state index is 0.145. The van der Waals surface area contributed by atoms with Gasteiger partial charge in [0.1, 0.15) is 6.29 Å². The molecule has 24 heavy (non-hydrogen) atoms. The molecule has 0 heterocycles. The molecule has 0 bridgehead atoms.